The third-order valence-corrected chi connectivity index (χ3v) is 6.54. The molecule has 9 heteroatoms. The molecule has 8 nitrogen and oxygen atoms in total. The van der Waals surface area contributed by atoms with E-state index in [1.54, 1.807) is 47.1 Å². The van der Waals surface area contributed by atoms with Crippen molar-refractivity contribution in [2.24, 2.45) is 0 Å². The molecule has 1 aliphatic heterocycles. The van der Waals surface area contributed by atoms with Crippen molar-refractivity contribution in [1.82, 2.24) is 19.5 Å². The molecule has 2 N–H and O–H groups in total. The summed E-state index contributed by atoms with van der Waals surface area (Å²) in [6, 6.07) is 18.0. The summed E-state index contributed by atoms with van der Waals surface area (Å²) in [6.45, 7) is 1.22. The van der Waals surface area contributed by atoms with Crippen molar-refractivity contribution >= 4 is 33.3 Å². The van der Waals surface area contributed by atoms with Crippen LogP contribution in [0.4, 0.5) is 5.82 Å². The molecule has 170 valence electrons. The molecular formula is C25H21BrN6O2. The maximum absolute atomic E-state index is 12.9. The summed E-state index contributed by atoms with van der Waals surface area (Å²) in [4.78, 5) is 19.4. The molecule has 1 saturated heterocycles. The van der Waals surface area contributed by atoms with Gasteiger partial charge in [0, 0.05) is 36.3 Å². The summed E-state index contributed by atoms with van der Waals surface area (Å²) in [5.41, 5.74) is 2.94. The summed E-state index contributed by atoms with van der Waals surface area (Å²) in [7, 11) is 0. The molecule has 3 heterocycles. The molecule has 2 aromatic carbocycles. The van der Waals surface area contributed by atoms with Crippen LogP contribution in [0, 0.1) is 11.3 Å². The zero-order valence-electron chi connectivity index (χ0n) is 18.1. The minimum atomic E-state index is -0.0558. The molecule has 0 atom stereocenters. The van der Waals surface area contributed by atoms with E-state index in [0.29, 0.717) is 41.1 Å². The van der Waals surface area contributed by atoms with Gasteiger partial charge < -0.3 is 15.3 Å². The minimum absolute atomic E-state index is 0.0558. The summed E-state index contributed by atoms with van der Waals surface area (Å²) in [5.74, 6) is 0.869. The van der Waals surface area contributed by atoms with Gasteiger partial charge in [-0.25, -0.2) is 4.98 Å². The Bertz CT molecular complexity index is 1420. The molecule has 0 aliphatic carbocycles. The summed E-state index contributed by atoms with van der Waals surface area (Å²) < 4.78 is 2.49. The quantitative estimate of drug-likeness (QED) is 0.414. The average molecular weight is 517 g/mol. The lowest BCUT2D eigenvalue weighted by Gasteiger charge is -2.33. The van der Waals surface area contributed by atoms with E-state index in [2.05, 4.69) is 37.4 Å². The number of halogens is 1. The fraction of sp³-hybridized carbons (Fsp3) is 0.200. The van der Waals surface area contributed by atoms with Gasteiger partial charge in [-0.1, -0.05) is 18.2 Å². The number of phenolic OH excluding ortho intramolecular Hbond substituents is 1. The van der Waals surface area contributed by atoms with Crippen molar-refractivity contribution in [3.63, 3.8) is 0 Å². The Balaban J connectivity index is 1.35. The molecule has 1 aliphatic rings. The van der Waals surface area contributed by atoms with Crippen molar-refractivity contribution in [1.29, 1.82) is 5.26 Å². The van der Waals surface area contributed by atoms with Gasteiger partial charge in [-0.3, -0.25) is 4.79 Å². The number of aromatic hydroxyl groups is 1. The van der Waals surface area contributed by atoms with E-state index in [1.807, 2.05) is 23.1 Å². The lowest BCUT2D eigenvalue weighted by molar-refractivity contribution is 0.0718. The second-order valence-electron chi connectivity index (χ2n) is 8.18. The van der Waals surface area contributed by atoms with Gasteiger partial charge in [-0.05, 0) is 59.1 Å². The van der Waals surface area contributed by atoms with Gasteiger partial charge in [-0.2, -0.15) is 14.9 Å². The Kier molecular flexibility index (Phi) is 5.90. The summed E-state index contributed by atoms with van der Waals surface area (Å²) >= 11 is 3.51. The number of nitriles is 1. The number of nitrogens with zero attached hydrogens (tertiary/aromatic N) is 5. The van der Waals surface area contributed by atoms with Crippen LogP contribution >= 0.6 is 15.9 Å². The number of carbonyl (C=O) groups excluding carboxylic acids is 1. The maximum Gasteiger partial charge on any atom is 0.253 e. The summed E-state index contributed by atoms with van der Waals surface area (Å²) in [6.07, 6.45) is 3.22. The smallest absolute Gasteiger partial charge is 0.253 e. The molecule has 2 aromatic heterocycles. The normalized spacial score (nSPS) is 14.2. The van der Waals surface area contributed by atoms with Gasteiger partial charge in [-0.15, -0.1) is 0 Å². The Labute approximate surface area is 204 Å². The molecule has 0 saturated carbocycles. The van der Waals surface area contributed by atoms with Gasteiger partial charge in [0.25, 0.3) is 5.91 Å². The molecule has 34 heavy (non-hydrogen) atoms. The number of hydrogen-bond donors (Lipinski definition) is 2. The third-order valence-electron chi connectivity index (χ3n) is 5.98. The van der Waals surface area contributed by atoms with Crippen LogP contribution in [-0.2, 0) is 0 Å². The number of amides is 1. The van der Waals surface area contributed by atoms with Crippen LogP contribution < -0.4 is 5.32 Å². The molecule has 0 bridgehead atoms. The lowest BCUT2D eigenvalue weighted by atomic mass is 10.0. The zero-order valence-corrected chi connectivity index (χ0v) is 19.7. The number of aromatic nitrogens is 3. The van der Waals surface area contributed by atoms with Crippen molar-refractivity contribution in [3.05, 3.63) is 76.4 Å². The Hall–Kier alpha value is -3.90. The van der Waals surface area contributed by atoms with Crippen LogP contribution in [0.15, 0.2) is 65.3 Å². The monoisotopic (exact) mass is 516 g/mol. The Morgan fingerprint density at radius 3 is 2.71 bits per heavy atom. The molecule has 1 fully saturated rings. The number of phenols is 1. The standard InChI is InChI=1S/C25H21BrN6O2/c26-20-15-28-32-23(13-21(30-24(20)32)19-6-1-2-7-22(19)33)29-18-8-10-31(11-9-18)25(34)17-5-3-4-16(12-17)14-27/h1-7,12-13,15,18,29,33H,8-11H2. The maximum atomic E-state index is 12.9. The first-order valence-corrected chi connectivity index (χ1v) is 11.7. The molecule has 0 unspecified atom stereocenters. The summed E-state index contributed by atoms with van der Waals surface area (Å²) in [5, 5.41) is 27.4. The van der Waals surface area contributed by atoms with E-state index < -0.39 is 0 Å². The predicted molar refractivity (Wildman–Crippen MR) is 131 cm³/mol. The van der Waals surface area contributed by atoms with E-state index in [1.165, 1.54) is 0 Å². The highest BCUT2D eigenvalue weighted by molar-refractivity contribution is 9.10. The number of fused-ring (bicyclic) bond motifs is 1. The molecule has 4 aromatic rings. The fourth-order valence-electron chi connectivity index (χ4n) is 4.21. The number of rotatable bonds is 4. The number of piperidine rings is 1. The van der Waals surface area contributed by atoms with Crippen LogP contribution in [0.25, 0.3) is 16.9 Å². The van der Waals surface area contributed by atoms with E-state index in [-0.39, 0.29) is 17.7 Å². The number of anilines is 1. The van der Waals surface area contributed by atoms with Crippen molar-refractivity contribution in [3.8, 4) is 23.1 Å². The van der Waals surface area contributed by atoms with Gasteiger partial charge in [0.05, 0.1) is 28.0 Å². The molecule has 1 amide bonds. The van der Waals surface area contributed by atoms with Gasteiger partial charge >= 0.3 is 0 Å². The van der Waals surface area contributed by atoms with E-state index in [4.69, 9.17) is 5.26 Å². The van der Waals surface area contributed by atoms with Gasteiger partial charge in [0.2, 0.25) is 0 Å². The highest BCUT2D eigenvalue weighted by Gasteiger charge is 2.25. The van der Waals surface area contributed by atoms with Crippen LogP contribution in [0.5, 0.6) is 5.75 Å². The minimum Gasteiger partial charge on any atom is -0.507 e. The second kappa shape index (κ2) is 9.15. The molecular weight excluding hydrogens is 496 g/mol. The third kappa shape index (κ3) is 4.20. The number of likely N-dealkylation sites (tertiary alicyclic amines) is 1. The number of nitrogens with one attached hydrogen (secondary N) is 1. The highest BCUT2D eigenvalue weighted by Crippen LogP contribution is 2.31. The van der Waals surface area contributed by atoms with Crippen molar-refractivity contribution in [2.75, 3.05) is 18.4 Å². The van der Waals surface area contributed by atoms with Crippen molar-refractivity contribution in [2.45, 2.75) is 18.9 Å². The van der Waals surface area contributed by atoms with E-state index >= 15 is 0 Å². The SMILES string of the molecule is N#Cc1cccc(C(=O)N2CCC(Nc3cc(-c4ccccc4O)nc4c(Br)cnn34)CC2)c1. The first-order chi connectivity index (χ1) is 16.5. The van der Waals surface area contributed by atoms with Crippen LogP contribution in [0.1, 0.15) is 28.8 Å². The number of para-hydroxylation sites is 1. The molecule has 0 radical (unpaired) electrons. The van der Waals surface area contributed by atoms with E-state index in [0.717, 1.165) is 23.1 Å². The van der Waals surface area contributed by atoms with Crippen LogP contribution in [0.2, 0.25) is 0 Å². The Morgan fingerprint density at radius 1 is 1.15 bits per heavy atom. The van der Waals surface area contributed by atoms with E-state index in [9.17, 15) is 9.90 Å². The fourth-order valence-corrected chi connectivity index (χ4v) is 4.56. The lowest BCUT2D eigenvalue weighted by Crippen LogP contribution is -2.42. The van der Waals surface area contributed by atoms with Crippen LogP contribution in [-0.4, -0.2) is 49.6 Å². The Morgan fingerprint density at radius 2 is 1.94 bits per heavy atom. The first kappa shape index (κ1) is 21.9. The average Bonchev–Trinajstić information content (AvgIpc) is 3.25. The zero-order chi connectivity index (χ0) is 23.7. The van der Waals surface area contributed by atoms with Crippen molar-refractivity contribution < 1.29 is 9.90 Å². The van der Waals surface area contributed by atoms with Crippen LogP contribution in [0.3, 0.4) is 0 Å². The number of carbonyl (C=O) groups is 1. The first-order valence-electron chi connectivity index (χ1n) is 10.9. The molecule has 5 rings (SSSR count). The second-order valence-corrected chi connectivity index (χ2v) is 9.03. The topological polar surface area (TPSA) is 107 Å². The largest absolute Gasteiger partial charge is 0.507 e. The van der Waals surface area contributed by atoms with Gasteiger partial charge in [0.1, 0.15) is 11.6 Å². The van der Waals surface area contributed by atoms with Gasteiger partial charge in [0.15, 0.2) is 5.65 Å². The number of hydrogen-bond acceptors (Lipinski definition) is 6. The highest BCUT2D eigenvalue weighted by atomic mass is 79.9. The molecule has 0 spiro atoms. The predicted octanol–water partition coefficient (Wildman–Crippen LogP) is 4.45. The number of benzene rings is 2.